The second-order valence-electron chi connectivity index (χ2n) is 7.19. The second-order valence-corrected chi connectivity index (χ2v) is 7.96. The first-order valence-electron chi connectivity index (χ1n) is 8.17. The number of aliphatic hydroxyl groups is 1. The molecule has 2 saturated carbocycles. The van der Waals surface area contributed by atoms with E-state index in [0.717, 1.165) is 33.3 Å². The van der Waals surface area contributed by atoms with Gasteiger partial charge in [-0.05, 0) is 68.6 Å². The highest BCUT2D eigenvalue weighted by molar-refractivity contribution is 7.20. The van der Waals surface area contributed by atoms with Crippen LogP contribution in [0, 0.1) is 17.3 Å². The SMILES string of the molecule is CN=POC1CCC(C(C)(C)C2CCC(O)CC2)CC1. The van der Waals surface area contributed by atoms with Crippen molar-refractivity contribution in [2.75, 3.05) is 7.05 Å². The van der Waals surface area contributed by atoms with E-state index < -0.39 is 0 Å². The highest BCUT2D eigenvalue weighted by Crippen LogP contribution is 2.48. The quantitative estimate of drug-likeness (QED) is 0.757. The minimum atomic E-state index is -0.0389. The fraction of sp³-hybridized carbons (Fsp3) is 1.00. The molecule has 0 aromatic carbocycles. The van der Waals surface area contributed by atoms with Gasteiger partial charge in [-0.15, -0.1) is 0 Å². The minimum Gasteiger partial charge on any atom is -0.393 e. The Labute approximate surface area is 125 Å². The molecule has 0 bridgehead atoms. The zero-order chi connectivity index (χ0) is 14.6. The predicted octanol–water partition coefficient (Wildman–Crippen LogP) is 4.81. The molecule has 0 spiro atoms. The van der Waals surface area contributed by atoms with E-state index in [9.17, 15) is 5.11 Å². The van der Waals surface area contributed by atoms with Crippen LogP contribution in [0.4, 0.5) is 0 Å². The van der Waals surface area contributed by atoms with E-state index in [1.165, 1.54) is 38.5 Å². The Morgan fingerprint density at radius 3 is 1.95 bits per heavy atom. The zero-order valence-electron chi connectivity index (χ0n) is 13.2. The first kappa shape index (κ1) is 16.4. The van der Waals surface area contributed by atoms with Crippen molar-refractivity contribution >= 4 is 8.60 Å². The molecule has 0 radical (unpaired) electrons. The van der Waals surface area contributed by atoms with Crippen LogP contribution in [0.5, 0.6) is 0 Å². The second kappa shape index (κ2) is 7.33. The zero-order valence-corrected chi connectivity index (χ0v) is 14.1. The van der Waals surface area contributed by atoms with Crippen molar-refractivity contribution in [3.8, 4) is 0 Å². The molecule has 20 heavy (non-hydrogen) atoms. The molecule has 0 amide bonds. The first-order chi connectivity index (χ1) is 9.54. The van der Waals surface area contributed by atoms with Gasteiger partial charge < -0.3 is 9.63 Å². The molecule has 0 unspecified atom stereocenters. The topological polar surface area (TPSA) is 41.8 Å². The summed E-state index contributed by atoms with van der Waals surface area (Å²) in [6.07, 6.45) is 9.75. The van der Waals surface area contributed by atoms with Crippen LogP contribution in [-0.2, 0) is 4.52 Å². The fourth-order valence-corrected chi connectivity index (χ4v) is 4.62. The van der Waals surface area contributed by atoms with Crippen LogP contribution in [0.1, 0.15) is 65.2 Å². The van der Waals surface area contributed by atoms with Gasteiger partial charge in [0.05, 0.1) is 12.2 Å². The molecule has 0 saturated heterocycles. The van der Waals surface area contributed by atoms with Gasteiger partial charge in [0.2, 0.25) is 0 Å². The van der Waals surface area contributed by atoms with Crippen LogP contribution in [-0.4, -0.2) is 24.4 Å². The maximum absolute atomic E-state index is 9.69. The number of nitrogens with zero attached hydrogens (tertiary/aromatic N) is 1. The van der Waals surface area contributed by atoms with Crippen molar-refractivity contribution in [2.45, 2.75) is 77.4 Å². The molecule has 0 aliphatic heterocycles. The monoisotopic (exact) mass is 299 g/mol. The summed E-state index contributed by atoms with van der Waals surface area (Å²) in [6, 6.07) is 0. The van der Waals surface area contributed by atoms with Crippen LogP contribution < -0.4 is 0 Å². The molecule has 0 heterocycles. The van der Waals surface area contributed by atoms with Gasteiger partial charge in [0, 0.05) is 7.05 Å². The maximum Gasteiger partial charge on any atom is 0.172 e. The molecule has 0 aromatic rings. The van der Waals surface area contributed by atoms with E-state index >= 15 is 0 Å². The molecule has 2 fully saturated rings. The van der Waals surface area contributed by atoms with Crippen molar-refractivity contribution < 1.29 is 9.63 Å². The van der Waals surface area contributed by atoms with E-state index in [2.05, 4.69) is 18.6 Å². The molecule has 3 nitrogen and oxygen atoms in total. The molecular formula is C16H30NO2P. The average molecular weight is 299 g/mol. The number of rotatable bonds is 4. The molecule has 0 atom stereocenters. The lowest BCUT2D eigenvalue weighted by atomic mass is 9.60. The summed E-state index contributed by atoms with van der Waals surface area (Å²) in [5.41, 5.74) is 0.415. The summed E-state index contributed by atoms with van der Waals surface area (Å²) in [5.74, 6) is 1.61. The molecule has 116 valence electrons. The van der Waals surface area contributed by atoms with E-state index in [1.54, 1.807) is 7.05 Å². The van der Waals surface area contributed by atoms with Gasteiger partial charge in [-0.2, -0.15) is 0 Å². The molecule has 2 aliphatic carbocycles. The lowest BCUT2D eigenvalue weighted by Gasteiger charge is -2.46. The minimum absolute atomic E-state index is 0.0389. The van der Waals surface area contributed by atoms with Crippen LogP contribution in [0.3, 0.4) is 0 Å². The predicted molar refractivity (Wildman–Crippen MR) is 83.8 cm³/mol. The summed E-state index contributed by atoms with van der Waals surface area (Å²) < 4.78 is 9.73. The molecule has 4 heteroatoms. The summed E-state index contributed by atoms with van der Waals surface area (Å²) in [5, 5.41) is 9.69. The van der Waals surface area contributed by atoms with Crippen molar-refractivity contribution in [3.05, 3.63) is 0 Å². The fourth-order valence-electron chi connectivity index (χ4n) is 4.18. The van der Waals surface area contributed by atoms with Crippen molar-refractivity contribution in [3.63, 3.8) is 0 Å². The molecule has 0 aromatic heterocycles. The molecular weight excluding hydrogens is 269 g/mol. The highest BCUT2D eigenvalue weighted by Gasteiger charge is 2.40. The summed E-state index contributed by atoms with van der Waals surface area (Å²) in [7, 11) is 2.59. The standard InChI is InChI=1S/C16H30NO2P/c1-16(2,12-4-8-14(18)9-5-12)13-6-10-15(11-7-13)19-20-17-3/h12-15,18H,4-11H2,1-3H3. The smallest absolute Gasteiger partial charge is 0.172 e. The lowest BCUT2D eigenvalue weighted by Crippen LogP contribution is -2.38. The molecule has 1 N–H and O–H groups in total. The number of hydrogen-bond acceptors (Lipinski definition) is 3. The Bertz CT molecular complexity index is 316. The van der Waals surface area contributed by atoms with Crippen molar-refractivity contribution in [1.29, 1.82) is 0 Å². The van der Waals surface area contributed by atoms with Crippen molar-refractivity contribution in [1.82, 2.24) is 0 Å². The van der Waals surface area contributed by atoms with E-state index in [-0.39, 0.29) is 6.10 Å². The third-order valence-electron chi connectivity index (χ3n) is 5.75. The Morgan fingerprint density at radius 2 is 1.45 bits per heavy atom. The largest absolute Gasteiger partial charge is 0.393 e. The van der Waals surface area contributed by atoms with Crippen molar-refractivity contribution in [2.24, 2.45) is 22.0 Å². The van der Waals surface area contributed by atoms with Crippen LogP contribution in [0.2, 0.25) is 0 Å². The molecule has 2 aliphatic rings. The Hall–Kier alpha value is 0.0200. The van der Waals surface area contributed by atoms with Gasteiger partial charge in [0.1, 0.15) is 0 Å². The number of hydrogen-bond donors (Lipinski definition) is 1. The van der Waals surface area contributed by atoms with Gasteiger partial charge >= 0.3 is 0 Å². The molecule has 2 rings (SSSR count). The van der Waals surface area contributed by atoms with E-state index in [4.69, 9.17) is 4.52 Å². The van der Waals surface area contributed by atoms with E-state index in [0.29, 0.717) is 11.5 Å². The maximum atomic E-state index is 9.69. The summed E-state index contributed by atoms with van der Waals surface area (Å²) >= 11 is 0. The Morgan fingerprint density at radius 1 is 0.950 bits per heavy atom. The third-order valence-corrected chi connectivity index (χ3v) is 6.31. The third kappa shape index (κ3) is 4.02. The van der Waals surface area contributed by atoms with Crippen LogP contribution >= 0.6 is 8.60 Å². The number of aliphatic hydroxyl groups excluding tert-OH is 1. The Kier molecular flexibility index (Phi) is 6.01. The lowest BCUT2D eigenvalue weighted by molar-refractivity contribution is 0.00856. The summed E-state index contributed by atoms with van der Waals surface area (Å²) in [4.78, 5) is 0. The van der Waals surface area contributed by atoms with Crippen LogP contribution in [0.15, 0.2) is 4.74 Å². The normalized spacial score (nSPS) is 36.4. The van der Waals surface area contributed by atoms with E-state index in [1.807, 2.05) is 0 Å². The van der Waals surface area contributed by atoms with Gasteiger partial charge in [-0.3, -0.25) is 0 Å². The van der Waals surface area contributed by atoms with Gasteiger partial charge in [-0.1, -0.05) is 13.8 Å². The Balaban J connectivity index is 1.85. The average Bonchev–Trinajstić information content (AvgIpc) is 2.46. The van der Waals surface area contributed by atoms with Crippen LogP contribution in [0.25, 0.3) is 0 Å². The van der Waals surface area contributed by atoms with Gasteiger partial charge in [0.25, 0.3) is 0 Å². The first-order valence-corrected chi connectivity index (χ1v) is 8.93. The summed E-state index contributed by atoms with van der Waals surface area (Å²) in [6.45, 7) is 4.92. The van der Waals surface area contributed by atoms with Gasteiger partial charge in [-0.25, -0.2) is 4.74 Å². The van der Waals surface area contributed by atoms with Gasteiger partial charge in [0.15, 0.2) is 8.60 Å². The highest BCUT2D eigenvalue weighted by atomic mass is 31.1.